The van der Waals surface area contributed by atoms with E-state index in [0.717, 1.165) is 16.0 Å². The zero-order chi connectivity index (χ0) is 23.5. The van der Waals surface area contributed by atoms with Gasteiger partial charge < -0.3 is 10.1 Å². The summed E-state index contributed by atoms with van der Waals surface area (Å²) in [5.74, 6) is 0.220. The molecular weight excluding hydrogens is 434 g/mol. The van der Waals surface area contributed by atoms with Crippen molar-refractivity contribution in [2.45, 2.75) is 30.5 Å². The van der Waals surface area contributed by atoms with Crippen molar-refractivity contribution in [2.24, 2.45) is 5.10 Å². The smallest absolute Gasteiger partial charge is 0.258 e. The van der Waals surface area contributed by atoms with E-state index in [1.54, 1.807) is 30.5 Å². The van der Waals surface area contributed by atoms with Crippen molar-refractivity contribution in [3.05, 3.63) is 95.6 Å². The molecule has 0 spiro atoms. The minimum Gasteiger partial charge on any atom is -0.484 e. The second-order valence-corrected chi connectivity index (χ2v) is 8.84. The second kappa shape index (κ2) is 12.5. The van der Waals surface area contributed by atoms with E-state index in [1.807, 2.05) is 68.4 Å². The molecule has 0 radical (unpaired) electrons. The predicted octanol–water partition coefficient (Wildman–Crippen LogP) is 4.32. The van der Waals surface area contributed by atoms with Crippen molar-refractivity contribution in [1.29, 1.82) is 0 Å². The molecule has 0 aliphatic carbocycles. The summed E-state index contributed by atoms with van der Waals surface area (Å²) in [6.45, 7) is 4.28. The third-order valence-electron chi connectivity index (χ3n) is 4.67. The fraction of sp³-hybridized carbons (Fsp3) is 0.192. The van der Waals surface area contributed by atoms with Gasteiger partial charge in [-0.25, -0.2) is 5.43 Å². The molecule has 0 unspecified atom stereocenters. The minimum absolute atomic E-state index is 0.0626. The van der Waals surface area contributed by atoms with E-state index in [4.69, 9.17) is 4.74 Å². The number of carbonyl (C=O) groups excluding carboxylic acids is 2. The molecular formula is C26H27N3O3S. The Bertz CT molecular complexity index is 1070. The fourth-order valence-corrected chi connectivity index (χ4v) is 3.64. The van der Waals surface area contributed by atoms with Crippen LogP contribution in [0.2, 0.25) is 0 Å². The number of hydrogen-bond acceptors (Lipinski definition) is 5. The van der Waals surface area contributed by atoms with E-state index in [2.05, 4.69) is 15.8 Å². The van der Waals surface area contributed by atoms with Crippen LogP contribution < -0.4 is 15.5 Å². The van der Waals surface area contributed by atoms with Gasteiger partial charge in [-0.3, -0.25) is 9.59 Å². The number of thioether (sulfide) groups is 1. The Morgan fingerprint density at radius 2 is 1.70 bits per heavy atom. The van der Waals surface area contributed by atoms with Gasteiger partial charge in [-0.2, -0.15) is 5.10 Å². The van der Waals surface area contributed by atoms with Crippen LogP contribution in [0.1, 0.15) is 23.6 Å². The molecule has 170 valence electrons. The van der Waals surface area contributed by atoms with Crippen LogP contribution in [0.4, 0.5) is 0 Å². The van der Waals surface area contributed by atoms with Crippen molar-refractivity contribution in [1.82, 2.24) is 10.7 Å². The highest BCUT2D eigenvalue weighted by Crippen LogP contribution is 2.23. The van der Waals surface area contributed by atoms with E-state index in [9.17, 15) is 9.59 Å². The van der Waals surface area contributed by atoms with Crippen LogP contribution in [-0.4, -0.2) is 29.9 Å². The SMILES string of the molecule is Cc1ccc(S[C@H](C)C(=O)N/N=C\c2ccc(OCC(=O)NCc3ccccc3)cc2)cc1. The molecule has 0 saturated heterocycles. The largest absolute Gasteiger partial charge is 0.484 e. The number of carbonyl (C=O) groups is 2. The van der Waals surface area contributed by atoms with Crippen LogP contribution >= 0.6 is 11.8 Å². The summed E-state index contributed by atoms with van der Waals surface area (Å²) in [5.41, 5.74) is 5.59. The summed E-state index contributed by atoms with van der Waals surface area (Å²) in [4.78, 5) is 25.2. The maximum Gasteiger partial charge on any atom is 0.258 e. The first-order chi connectivity index (χ1) is 16.0. The minimum atomic E-state index is -0.270. The van der Waals surface area contributed by atoms with Crippen LogP contribution in [0, 0.1) is 6.92 Å². The molecule has 2 amide bonds. The van der Waals surface area contributed by atoms with Gasteiger partial charge in [0.2, 0.25) is 0 Å². The first kappa shape index (κ1) is 24.1. The molecule has 6 nitrogen and oxygen atoms in total. The van der Waals surface area contributed by atoms with Crippen LogP contribution in [0.25, 0.3) is 0 Å². The molecule has 0 aliphatic heterocycles. The highest BCUT2D eigenvalue weighted by atomic mass is 32.2. The van der Waals surface area contributed by atoms with E-state index in [0.29, 0.717) is 12.3 Å². The Morgan fingerprint density at radius 3 is 2.39 bits per heavy atom. The number of nitrogens with one attached hydrogen (secondary N) is 2. The number of amides is 2. The molecule has 2 N–H and O–H groups in total. The number of rotatable bonds is 10. The van der Waals surface area contributed by atoms with Crippen molar-refractivity contribution in [2.75, 3.05) is 6.61 Å². The average molecular weight is 462 g/mol. The van der Waals surface area contributed by atoms with Crippen molar-refractivity contribution < 1.29 is 14.3 Å². The predicted molar refractivity (Wildman–Crippen MR) is 132 cm³/mol. The van der Waals surface area contributed by atoms with Crippen LogP contribution in [0.5, 0.6) is 5.75 Å². The average Bonchev–Trinajstić information content (AvgIpc) is 2.84. The number of hydrazone groups is 1. The number of benzene rings is 3. The van der Waals surface area contributed by atoms with Crippen molar-refractivity contribution >= 4 is 29.8 Å². The molecule has 0 aromatic heterocycles. The lowest BCUT2D eigenvalue weighted by Gasteiger charge is -2.09. The summed E-state index contributed by atoms with van der Waals surface area (Å²) in [6.07, 6.45) is 1.57. The summed E-state index contributed by atoms with van der Waals surface area (Å²) < 4.78 is 5.52. The molecule has 33 heavy (non-hydrogen) atoms. The van der Waals surface area contributed by atoms with E-state index in [1.165, 1.54) is 17.3 Å². The quantitative estimate of drug-likeness (QED) is 0.268. The zero-order valence-electron chi connectivity index (χ0n) is 18.7. The zero-order valence-corrected chi connectivity index (χ0v) is 19.5. The monoisotopic (exact) mass is 461 g/mol. The van der Waals surface area contributed by atoms with Gasteiger partial charge in [-0.1, -0.05) is 48.0 Å². The molecule has 3 aromatic rings. The first-order valence-corrected chi connectivity index (χ1v) is 11.5. The fourth-order valence-electron chi connectivity index (χ4n) is 2.78. The highest BCUT2D eigenvalue weighted by Gasteiger charge is 2.13. The summed E-state index contributed by atoms with van der Waals surface area (Å²) in [7, 11) is 0. The summed E-state index contributed by atoms with van der Waals surface area (Å²) in [5, 5.41) is 6.58. The lowest BCUT2D eigenvalue weighted by molar-refractivity contribution is -0.123. The molecule has 1 atom stereocenters. The van der Waals surface area contributed by atoms with Crippen molar-refractivity contribution in [3.8, 4) is 5.75 Å². The van der Waals surface area contributed by atoms with Gasteiger partial charge in [0.05, 0.1) is 11.5 Å². The molecule has 3 rings (SSSR count). The van der Waals surface area contributed by atoms with Gasteiger partial charge in [0.1, 0.15) is 5.75 Å². The normalized spacial score (nSPS) is 11.7. The lowest BCUT2D eigenvalue weighted by atomic mass is 10.2. The van der Waals surface area contributed by atoms with E-state index >= 15 is 0 Å². The van der Waals surface area contributed by atoms with Crippen molar-refractivity contribution in [3.63, 3.8) is 0 Å². The third kappa shape index (κ3) is 8.46. The Balaban J connectivity index is 1.38. The maximum absolute atomic E-state index is 12.2. The summed E-state index contributed by atoms with van der Waals surface area (Å²) in [6, 6.07) is 24.9. The van der Waals surface area contributed by atoms with Gasteiger partial charge in [0.25, 0.3) is 11.8 Å². The topological polar surface area (TPSA) is 79.8 Å². The Kier molecular flexibility index (Phi) is 9.08. The molecule has 0 saturated carbocycles. The van der Waals surface area contributed by atoms with Gasteiger partial charge in [0.15, 0.2) is 6.61 Å². The maximum atomic E-state index is 12.2. The lowest BCUT2D eigenvalue weighted by Crippen LogP contribution is -2.28. The van der Waals surface area contributed by atoms with Gasteiger partial charge >= 0.3 is 0 Å². The van der Waals surface area contributed by atoms with Gasteiger partial charge in [-0.15, -0.1) is 11.8 Å². The van der Waals surface area contributed by atoms with Gasteiger partial charge in [-0.05, 0) is 61.4 Å². The second-order valence-electron chi connectivity index (χ2n) is 7.43. The Hall–Kier alpha value is -3.58. The Labute approximate surface area is 198 Å². The first-order valence-electron chi connectivity index (χ1n) is 10.6. The molecule has 0 bridgehead atoms. The third-order valence-corrected chi connectivity index (χ3v) is 5.79. The molecule has 3 aromatic carbocycles. The van der Waals surface area contributed by atoms with E-state index in [-0.39, 0.29) is 23.7 Å². The number of aryl methyl sites for hydroxylation is 1. The number of nitrogens with zero attached hydrogens (tertiary/aromatic N) is 1. The van der Waals surface area contributed by atoms with E-state index < -0.39 is 0 Å². The number of ether oxygens (including phenoxy) is 1. The van der Waals surface area contributed by atoms with Crippen LogP contribution in [0.15, 0.2) is 88.9 Å². The highest BCUT2D eigenvalue weighted by molar-refractivity contribution is 8.00. The molecule has 0 aliphatic rings. The van der Waals surface area contributed by atoms with Crippen LogP contribution in [0.3, 0.4) is 0 Å². The standard InChI is InChI=1S/C26H27N3O3S/c1-19-8-14-24(15-9-19)33-20(2)26(31)29-28-17-22-10-12-23(13-11-22)32-18-25(30)27-16-21-6-4-3-5-7-21/h3-15,17,20H,16,18H2,1-2H3,(H,27,30)(H,29,31)/b28-17-/t20-/m1/s1. The molecule has 0 heterocycles. The number of hydrogen-bond donors (Lipinski definition) is 2. The molecule has 7 heteroatoms. The van der Waals surface area contributed by atoms with Gasteiger partial charge in [0, 0.05) is 11.4 Å². The molecule has 0 fully saturated rings. The Morgan fingerprint density at radius 1 is 1.00 bits per heavy atom. The van der Waals surface area contributed by atoms with Crippen LogP contribution in [-0.2, 0) is 16.1 Å². The summed E-state index contributed by atoms with van der Waals surface area (Å²) >= 11 is 1.48.